The van der Waals surface area contributed by atoms with E-state index < -0.39 is 0 Å². The van der Waals surface area contributed by atoms with E-state index in [1.165, 1.54) is 6.92 Å². The Kier molecular flexibility index (Phi) is 5.81. The van der Waals surface area contributed by atoms with Gasteiger partial charge < -0.3 is 14.4 Å². The van der Waals surface area contributed by atoms with Gasteiger partial charge in [-0.15, -0.1) is 0 Å². The molecule has 1 aliphatic rings. The second kappa shape index (κ2) is 7.82. The Morgan fingerprint density at radius 2 is 2.04 bits per heavy atom. The topological polar surface area (TPSA) is 81.1 Å². The molecule has 126 valence electrons. The monoisotopic (exact) mass is 322 g/mol. The molecule has 1 aromatic rings. The first-order chi connectivity index (χ1) is 11.0. The van der Waals surface area contributed by atoms with Crippen molar-refractivity contribution in [2.75, 3.05) is 27.3 Å². The van der Waals surface area contributed by atoms with E-state index in [-0.39, 0.29) is 17.9 Å². The number of rotatable bonds is 5. The summed E-state index contributed by atoms with van der Waals surface area (Å²) in [7, 11) is 3.27. The molecule has 2 atom stereocenters. The maximum Gasteiger partial charge on any atom is 0.293 e. The van der Waals surface area contributed by atoms with Crippen LogP contribution in [0.15, 0.2) is 18.2 Å². The molecule has 1 aromatic carbocycles. The number of hydrogen-bond acceptors (Lipinski definition) is 4. The summed E-state index contributed by atoms with van der Waals surface area (Å²) >= 11 is 0. The Morgan fingerprint density at radius 1 is 1.26 bits per heavy atom. The molecule has 7 heteroatoms. The van der Waals surface area contributed by atoms with E-state index >= 15 is 0 Å². The maximum atomic E-state index is 12.0. The SMILES string of the molecule is COc1ccc(OC)c([C@@H]2CCC[NH+]2CC(=O)NNC(C)=O)c1. The lowest BCUT2D eigenvalue weighted by molar-refractivity contribution is -0.910. The Morgan fingerprint density at radius 3 is 2.70 bits per heavy atom. The van der Waals surface area contributed by atoms with Gasteiger partial charge in [0.05, 0.1) is 26.3 Å². The van der Waals surface area contributed by atoms with E-state index in [9.17, 15) is 9.59 Å². The molecular weight excluding hydrogens is 298 g/mol. The number of ether oxygens (including phenoxy) is 2. The third-order valence-electron chi connectivity index (χ3n) is 4.06. The lowest BCUT2D eigenvalue weighted by Gasteiger charge is -2.23. The summed E-state index contributed by atoms with van der Waals surface area (Å²) in [6.45, 7) is 2.55. The quantitative estimate of drug-likeness (QED) is 0.644. The van der Waals surface area contributed by atoms with Gasteiger partial charge in [-0.05, 0) is 18.2 Å². The molecule has 0 spiro atoms. The summed E-state index contributed by atoms with van der Waals surface area (Å²) in [6, 6.07) is 5.89. The van der Waals surface area contributed by atoms with Crippen LogP contribution in [0.3, 0.4) is 0 Å². The first-order valence-electron chi connectivity index (χ1n) is 7.67. The standard InChI is InChI=1S/C16H23N3O4/c1-11(20)17-18-16(21)10-19-8-4-5-14(19)13-9-12(22-2)6-7-15(13)23-3/h6-7,9,14H,4-5,8,10H2,1-3H3,(H,17,20)(H,18,21)/p+1/t14-/m0/s1. The highest BCUT2D eigenvalue weighted by molar-refractivity contribution is 5.81. The van der Waals surface area contributed by atoms with E-state index in [2.05, 4.69) is 10.9 Å². The summed E-state index contributed by atoms with van der Waals surface area (Å²) in [5.74, 6) is 1.08. The van der Waals surface area contributed by atoms with Gasteiger partial charge in [0.25, 0.3) is 5.91 Å². The Labute approximate surface area is 135 Å². The molecule has 23 heavy (non-hydrogen) atoms. The van der Waals surface area contributed by atoms with Gasteiger partial charge in [0.1, 0.15) is 17.5 Å². The van der Waals surface area contributed by atoms with Crippen molar-refractivity contribution in [1.82, 2.24) is 10.9 Å². The number of quaternary nitrogens is 1. The number of likely N-dealkylation sites (tertiary alicyclic amines) is 1. The number of amides is 2. The number of benzene rings is 1. The van der Waals surface area contributed by atoms with Gasteiger partial charge in [-0.25, -0.2) is 0 Å². The fourth-order valence-electron chi connectivity index (χ4n) is 3.02. The van der Waals surface area contributed by atoms with Gasteiger partial charge in [-0.1, -0.05) is 0 Å². The molecule has 0 bridgehead atoms. The third kappa shape index (κ3) is 4.35. The van der Waals surface area contributed by atoms with Gasteiger partial charge in [0.15, 0.2) is 6.54 Å². The first-order valence-corrected chi connectivity index (χ1v) is 7.67. The number of nitrogens with one attached hydrogen (secondary N) is 3. The van der Waals surface area contributed by atoms with Gasteiger partial charge in [-0.3, -0.25) is 20.4 Å². The largest absolute Gasteiger partial charge is 0.497 e. The van der Waals surface area contributed by atoms with E-state index in [4.69, 9.17) is 9.47 Å². The molecular formula is C16H24N3O4+. The molecule has 1 saturated heterocycles. The molecule has 7 nitrogen and oxygen atoms in total. The normalized spacial score (nSPS) is 20.0. The summed E-state index contributed by atoms with van der Waals surface area (Å²) in [5, 5.41) is 0. The summed E-state index contributed by atoms with van der Waals surface area (Å²) in [5.41, 5.74) is 5.78. The minimum atomic E-state index is -0.291. The zero-order chi connectivity index (χ0) is 16.8. The zero-order valence-corrected chi connectivity index (χ0v) is 13.8. The van der Waals surface area contributed by atoms with Crippen molar-refractivity contribution in [2.45, 2.75) is 25.8 Å². The highest BCUT2D eigenvalue weighted by Crippen LogP contribution is 2.31. The summed E-state index contributed by atoms with van der Waals surface area (Å²) in [6.07, 6.45) is 2.01. The van der Waals surface area contributed by atoms with E-state index in [0.717, 1.165) is 41.3 Å². The minimum absolute atomic E-state index is 0.170. The molecule has 2 amide bonds. The van der Waals surface area contributed by atoms with Crippen LogP contribution in [0.25, 0.3) is 0 Å². The van der Waals surface area contributed by atoms with Gasteiger partial charge in [0.2, 0.25) is 5.91 Å². The maximum absolute atomic E-state index is 12.0. The molecule has 3 N–H and O–H groups in total. The fraction of sp³-hybridized carbons (Fsp3) is 0.500. The summed E-state index contributed by atoms with van der Waals surface area (Å²) in [4.78, 5) is 24.0. The average Bonchev–Trinajstić information content (AvgIpc) is 3.00. The molecule has 0 aliphatic carbocycles. The van der Waals surface area contributed by atoms with Crippen molar-refractivity contribution in [3.05, 3.63) is 23.8 Å². The second-order valence-electron chi connectivity index (χ2n) is 5.62. The smallest absolute Gasteiger partial charge is 0.293 e. The van der Waals surface area contributed by atoms with Gasteiger partial charge in [-0.2, -0.15) is 0 Å². The zero-order valence-electron chi connectivity index (χ0n) is 13.8. The van der Waals surface area contributed by atoms with Crippen LogP contribution >= 0.6 is 0 Å². The number of hydrogen-bond donors (Lipinski definition) is 3. The van der Waals surface area contributed by atoms with Crippen molar-refractivity contribution < 1.29 is 24.0 Å². The van der Waals surface area contributed by atoms with E-state index in [0.29, 0.717) is 6.54 Å². The second-order valence-corrected chi connectivity index (χ2v) is 5.62. The van der Waals surface area contributed by atoms with E-state index in [1.807, 2.05) is 18.2 Å². The van der Waals surface area contributed by atoms with Gasteiger partial charge in [0, 0.05) is 19.8 Å². The van der Waals surface area contributed by atoms with Crippen LogP contribution in [0.5, 0.6) is 11.5 Å². The Balaban J connectivity index is 2.12. The van der Waals surface area contributed by atoms with Crippen molar-refractivity contribution >= 4 is 11.8 Å². The first kappa shape index (κ1) is 17.1. The van der Waals surface area contributed by atoms with E-state index in [1.54, 1.807) is 14.2 Å². The highest BCUT2D eigenvalue weighted by Gasteiger charge is 2.33. The van der Waals surface area contributed by atoms with Crippen LogP contribution in [0.2, 0.25) is 0 Å². The number of carbonyl (C=O) groups is 2. The Bertz CT molecular complexity index is 576. The van der Waals surface area contributed by atoms with Crippen LogP contribution < -0.4 is 25.2 Å². The van der Waals surface area contributed by atoms with Crippen LogP contribution in [-0.2, 0) is 9.59 Å². The van der Waals surface area contributed by atoms with Crippen LogP contribution in [0, 0.1) is 0 Å². The summed E-state index contributed by atoms with van der Waals surface area (Å²) < 4.78 is 10.8. The lowest BCUT2D eigenvalue weighted by atomic mass is 10.0. The van der Waals surface area contributed by atoms with Crippen LogP contribution in [0.4, 0.5) is 0 Å². The third-order valence-corrected chi connectivity index (χ3v) is 4.06. The molecule has 1 heterocycles. The molecule has 0 saturated carbocycles. The predicted octanol–water partition coefficient (Wildman–Crippen LogP) is -0.409. The predicted molar refractivity (Wildman–Crippen MR) is 84.2 cm³/mol. The van der Waals surface area contributed by atoms with Crippen molar-refractivity contribution in [3.8, 4) is 11.5 Å². The average molecular weight is 322 g/mol. The van der Waals surface area contributed by atoms with Crippen molar-refractivity contribution in [1.29, 1.82) is 0 Å². The molecule has 0 radical (unpaired) electrons. The van der Waals surface area contributed by atoms with Crippen molar-refractivity contribution in [2.24, 2.45) is 0 Å². The Hall–Kier alpha value is -2.28. The van der Waals surface area contributed by atoms with Crippen LogP contribution in [-0.4, -0.2) is 39.1 Å². The van der Waals surface area contributed by atoms with Gasteiger partial charge >= 0.3 is 0 Å². The molecule has 1 unspecified atom stereocenters. The molecule has 0 aromatic heterocycles. The van der Waals surface area contributed by atoms with Crippen LogP contribution in [0.1, 0.15) is 31.4 Å². The minimum Gasteiger partial charge on any atom is -0.497 e. The molecule has 1 aliphatic heterocycles. The molecule has 2 rings (SSSR count). The fourth-order valence-corrected chi connectivity index (χ4v) is 3.02. The molecule has 1 fully saturated rings. The number of methoxy groups -OCH3 is 2. The highest BCUT2D eigenvalue weighted by atomic mass is 16.5. The van der Waals surface area contributed by atoms with Crippen molar-refractivity contribution in [3.63, 3.8) is 0 Å². The number of carbonyl (C=O) groups excluding carboxylic acids is 2. The lowest BCUT2D eigenvalue weighted by Crippen LogP contribution is -3.11. The number of hydrazine groups is 1.